The summed E-state index contributed by atoms with van der Waals surface area (Å²) in [6, 6.07) is 8.21. The number of nitrogens with zero attached hydrogens (tertiary/aromatic N) is 3. The van der Waals surface area contributed by atoms with Crippen LogP contribution in [0.3, 0.4) is 0 Å². The third-order valence-electron chi connectivity index (χ3n) is 4.48. The van der Waals surface area contributed by atoms with Crippen LogP contribution in [0, 0.1) is 0 Å². The van der Waals surface area contributed by atoms with Gasteiger partial charge in [0, 0.05) is 53.0 Å². The molecule has 0 aromatic heterocycles. The Bertz CT molecular complexity index is 560. The lowest BCUT2D eigenvalue weighted by atomic mass is 10.2. The van der Waals surface area contributed by atoms with E-state index in [0.717, 1.165) is 63.1 Å². The highest BCUT2D eigenvalue weighted by molar-refractivity contribution is 5.80. The zero-order chi connectivity index (χ0) is 19.3. The van der Waals surface area contributed by atoms with Gasteiger partial charge in [0.2, 0.25) is 0 Å². The van der Waals surface area contributed by atoms with Crippen molar-refractivity contribution in [2.75, 3.05) is 78.2 Å². The zero-order valence-corrected chi connectivity index (χ0v) is 16.9. The van der Waals surface area contributed by atoms with Crippen molar-refractivity contribution in [3.63, 3.8) is 0 Å². The molecule has 7 heteroatoms. The minimum Gasteiger partial charge on any atom is -0.495 e. The van der Waals surface area contributed by atoms with Gasteiger partial charge in [0.05, 0.1) is 26.0 Å². The van der Waals surface area contributed by atoms with E-state index in [4.69, 9.17) is 19.2 Å². The van der Waals surface area contributed by atoms with E-state index >= 15 is 0 Å². The Labute approximate surface area is 163 Å². The molecule has 0 saturated carbocycles. The molecule has 1 N–H and O–H groups in total. The van der Waals surface area contributed by atoms with Crippen molar-refractivity contribution in [3.8, 4) is 5.75 Å². The molecule has 27 heavy (non-hydrogen) atoms. The van der Waals surface area contributed by atoms with Gasteiger partial charge in [-0.1, -0.05) is 12.1 Å². The number of methoxy groups -OCH3 is 2. The van der Waals surface area contributed by atoms with E-state index in [2.05, 4.69) is 34.2 Å². The van der Waals surface area contributed by atoms with Crippen LogP contribution in [0.5, 0.6) is 5.75 Å². The summed E-state index contributed by atoms with van der Waals surface area (Å²) in [4.78, 5) is 9.48. The van der Waals surface area contributed by atoms with Gasteiger partial charge >= 0.3 is 0 Å². The first-order valence-electron chi connectivity index (χ1n) is 9.78. The molecule has 152 valence electrons. The Hall–Kier alpha value is -1.99. The van der Waals surface area contributed by atoms with Crippen LogP contribution in [0.2, 0.25) is 0 Å². The highest BCUT2D eigenvalue weighted by atomic mass is 16.5. The molecule has 2 rings (SSSR count). The van der Waals surface area contributed by atoms with Gasteiger partial charge in [-0.25, -0.2) is 0 Å². The molecule has 0 amide bonds. The smallest absolute Gasteiger partial charge is 0.194 e. The van der Waals surface area contributed by atoms with E-state index in [0.29, 0.717) is 19.8 Å². The van der Waals surface area contributed by atoms with E-state index < -0.39 is 0 Å². The highest BCUT2D eigenvalue weighted by Crippen LogP contribution is 2.28. The Morgan fingerprint density at radius 2 is 1.85 bits per heavy atom. The van der Waals surface area contributed by atoms with E-state index in [1.54, 1.807) is 14.2 Å². The Morgan fingerprint density at radius 3 is 2.56 bits per heavy atom. The highest BCUT2D eigenvalue weighted by Gasteiger charge is 2.21. The molecular weight excluding hydrogens is 344 g/mol. The lowest BCUT2D eigenvalue weighted by Crippen LogP contribution is -2.52. The predicted octanol–water partition coefficient (Wildman–Crippen LogP) is 1.84. The largest absolute Gasteiger partial charge is 0.495 e. The number of para-hydroxylation sites is 2. The molecule has 0 aliphatic carbocycles. The summed E-state index contributed by atoms with van der Waals surface area (Å²) in [5, 5.41) is 3.41. The minimum absolute atomic E-state index is 0.641. The van der Waals surface area contributed by atoms with Gasteiger partial charge in [-0.05, 0) is 25.5 Å². The predicted molar refractivity (Wildman–Crippen MR) is 110 cm³/mol. The molecule has 1 aliphatic heterocycles. The second-order valence-corrected chi connectivity index (χ2v) is 6.34. The number of hydrogen-bond acceptors (Lipinski definition) is 5. The molecule has 7 nitrogen and oxygen atoms in total. The van der Waals surface area contributed by atoms with Crippen molar-refractivity contribution in [1.82, 2.24) is 10.2 Å². The SMILES string of the molecule is CCNC(=NCCCOCCOC)N1CCN(c2ccccc2OC)CC1. The lowest BCUT2D eigenvalue weighted by molar-refractivity contribution is 0.0702. The molecule has 1 saturated heterocycles. The fourth-order valence-corrected chi connectivity index (χ4v) is 3.07. The van der Waals surface area contributed by atoms with Gasteiger partial charge in [0.25, 0.3) is 0 Å². The first-order valence-corrected chi connectivity index (χ1v) is 9.78. The number of ether oxygens (including phenoxy) is 3. The second-order valence-electron chi connectivity index (χ2n) is 6.34. The summed E-state index contributed by atoms with van der Waals surface area (Å²) in [7, 11) is 3.41. The van der Waals surface area contributed by atoms with Gasteiger partial charge in [0.15, 0.2) is 5.96 Å². The second kappa shape index (κ2) is 12.4. The minimum atomic E-state index is 0.641. The van der Waals surface area contributed by atoms with Crippen LogP contribution in [0.15, 0.2) is 29.3 Å². The molecule has 0 radical (unpaired) electrons. The molecule has 0 unspecified atom stereocenters. The van der Waals surface area contributed by atoms with E-state index in [1.807, 2.05) is 12.1 Å². The van der Waals surface area contributed by atoms with Crippen LogP contribution in [-0.4, -0.2) is 84.2 Å². The van der Waals surface area contributed by atoms with Crippen LogP contribution in [-0.2, 0) is 9.47 Å². The van der Waals surface area contributed by atoms with E-state index in [1.165, 1.54) is 0 Å². The summed E-state index contributed by atoms with van der Waals surface area (Å²) in [5.41, 5.74) is 1.16. The average Bonchev–Trinajstić information content (AvgIpc) is 2.72. The molecular formula is C20H34N4O3. The maximum absolute atomic E-state index is 5.50. The molecule has 0 spiro atoms. The third kappa shape index (κ3) is 6.92. The average molecular weight is 379 g/mol. The molecule has 0 bridgehead atoms. The maximum atomic E-state index is 5.50. The van der Waals surface area contributed by atoms with Crippen molar-refractivity contribution >= 4 is 11.6 Å². The summed E-state index contributed by atoms with van der Waals surface area (Å²) in [6.07, 6.45) is 0.916. The number of aliphatic imine (C=N–C) groups is 1. The van der Waals surface area contributed by atoms with Gasteiger partial charge in [-0.3, -0.25) is 4.99 Å². The summed E-state index contributed by atoms with van der Waals surface area (Å²) < 4.78 is 16.0. The van der Waals surface area contributed by atoms with Gasteiger partial charge in [-0.2, -0.15) is 0 Å². The molecule has 0 atom stereocenters. The third-order valence-corrected chi connectivity index (χ3v) is 4.48. The number of anilines is 1. The number of benzene rings is 1. The number of hydrogen-bond donors (Lipinski definition) is 1. The molecule has 1 heterocycles. The normalized spacial score (nSPS) is 15.1. The fourth-order valence-electron chi connectivity index (χ4n) is 3.07. The van der Waals surface area contributed by atoms with Crippen LogP contribution in [0.1, 0.15) is 13.3 Å². The van der Waals surface area contributed by atoms with Gasteiger partial charge in [-0.15, -0.1) is 0 Å². The van der Waals surface area contributed by atoms with Gasteiger partial charge in [0.1, 0.15) is 5.75 Å². The summed E-state index contributed by atoms with van der Waals surface area (Å²) >= 11 is 0. The van der Waals surface area contributed by atoms with Crippen molar-refractivity contribution in [2.45, 2.75) is 13.3 Å². The van der Waals surface area contributed by atoms with Crippen LogP contribution >= 0.6 is 0 Å². The van der Waals surface area contributed by atoms with E-state index in [-0.39, 0.29) is 0 Å². The molecule has 1 aromatic rings. The first kappa shape index (κ1) is 21.3. The van der Waals surface area contributed by atoms with Crippen LogP contribution in [0.25, 0.3) is 0 Å². The van der Waals surface area contributed by atoms with Crippen molar-refractivity contribution in [1.29, 1.82) is 0 Å². The van der Waals surface area contributed by atoms with Gasteiger partial charge < -0.3 is 29.3 Å². The Kier molecular flexibility index (Phi) is 9.79. The zero-order valence-electron chi connectivity index (χ0n) is 16.9. The van der Waals surface area contributed by atoms with Crippen LogP contribution in [0.4, 0.5) is 5.69 Å². The monoisotopic (exact) mass is 378 g/mol. The number of piperazine rings is 1. The molecule has 1 aliphatic rings. The quantitative estimate of drug-likeness (QED) is 0.381. The maximum Gasteiger partial charge on any atom is 0.194 e. The van der Waals surface area contributed by atoms with Crippen LogP contribution < -0.4 is 15.0 Å². The van der Waals surface area contributed by atoms with Crippen molar-refractivity contribution in [2.24, 2.45) is 4.99 Å². The number of guanidine groups is 1. The van der Waals surface area contributed by atoms with E-state index in [9.17, 15) is 0 Å². The summed E-state index contributed by atoms with van der Waals surface area (Å²) in [5.74, 6) is 1.93. The summed E-state index contributed by atoms with van der Waals surface area (Å²) in [6.45, 7) is 9.52. The Morgan fingerprint density at radius 1 is 1.07 bits per heavy atom. The fraction of sp³-hybridized carbons (Fsp3) is 0.650. The standard InChI is InChI=1S/C20H34N4O3/c1-4-21-20(22-10-7-15-27-17-16-25-2)24-13-11-23(12-14-24)18-8-5-6-9-19(18)26-3/h5-6,8-9H,4,7,10-17H2,1-3H3,(H,21,22). The Balaban J connectivity index is 1.82. The first-order chi connectivity index (χ1) is 13.3. The van der Waals surface area contributed by atoms with Crippen molar-refractivity contribution in [3.05, 3.63) is 24.3 Å². The lowest BCUT2D eigenvalue weighted by Gasteiger charge is -2.38. The van der Waals surface area contributed by atoms with Crippen molar-refractivity contribution < 1.29 is 14.2 Å². The number of nitrogens with one attached hydrogen (secondary N) is 1. The molecule has 1 aromatic carbocycles. The molecule has 1 fully saturated rings. The topological polar surface area (TPSA) is 58.6 Å². The number of rotatable bonds is 10.